The molecule has 4 rings (SSSR count). The lowest BCUT2D eigenvalue weighted by Crippen LogP contribution is -2.24. The Morgan fingerprint density at radius 2 is 2.06 bits per heavy atom. The second-order valence-electron chi connectivity index (χ2n) is 6.81. The van der Waals surface area contributed by atoms with E-state index >= 15 is 0 Å². The second-order valence-corrected chi connectivity index (χ2v) is 9.03. The number of imidazole rings is 1. The summed E-state index contributed by atoms with van der Waals surface area (Å²) in [5.41, 5.74) is 7.56. The molecule has 0 saturated carbocycles. The van der Waals surface area contributed by atoms with Crippen molar-refractivity contribution >= 4 is 39.9 Å². The van der Waals surface area contributed by atoms with E-state index in [1.165, 1.54) is 23.1 Å². The van der Waals surface area contributed by atoms with Crippen LogP contribution in [0.1, 0.15) is 24.2 Å². The maximum absolute atomic E-state index is 12.7. The van der Waals surface area contributed by atoms with Gasteiger partial charge in [-0.1, -0.05) is 11.8 Å². The smallest absolute Gasteiger partial charge is 0.251 e. The predicted octanol–water partition coefficient (Wildman–Crippen LogP) is 3.62. The maximum Gasteiger partial charge on any atom is 0.251 e. The number of carbonyl (C=O) groups excluding carboxylic acids is 2. The van der Waals surface area contributed by atoms with Crippen LogP contribution in [0.3, 0.4) is 0 Å². The molecule has 0 spiro atoms. The fourth-order valence-corrected chi connectivity index (χ4v) is 4.96. The third kappa shape index (κ3) is 4.40. The van der Waals surface area contributed by atoms with Crippen LogP contribution in [0.15, 0.2) is 41.0 Å². The van der Waals surface area contributed by atoms with Crippen LogP contribution in [-0.2, 0) is 11.3 Å². The van der Waals surface area contributed by atoms with Crippen molar-refractivity contribution in [2.24, 2.45) is 5.73 Å². The summed E-state index contributed by atoms with van der Waals surface area (Å²) in [5.74, 6) is 0.668. The van der Waals surface area contributed by atoms with Gasteiger partial charge in [0.25, 0.3) is 5.91 Å². The summed E-state index contributed by atoms with van der Waals surface area (Å²) in [5, 5.41) is 5.28. The zero-order chi connectivity index (χ0) is 22.0. The van der Waals surface area contributed by atoms with Gasteiger partial charge >= 0.3 is 0 Å². The highest BCUT2D eigenvalue weighted by molar-refractivity contribution is 8.00. The molecule has 162 valence electrons. The highest BCUT2D eigenvalue weighted by Gasteiger charge is 2.22. The van der Waals surface area contributed by atoms with Gasteiger partial charge in [-0.3, -0.25) is 9.59 Å². The van der Waals surface area contributed by atoms with Crippen molar-refractivity contribution < 1.29 is 19.1 Å². The summed E-state index contributed by atoms with van der Waals surface area (Å²) < 4.78 is 13.3. The Kier molecular flexibility index (Phi) is 6.19. The first-order valence-electron chi connectivity index (χ1n) is 9.78. The SMILES string of the molecule is CCn1c(-c2ccc3c(c2)OCCO3)cnc1SC(C)C(=O)Nc1sccc1C(N)=O. The van der Waals surface area contributed by atoms with E-state index < -0.39 is 11.2 Å². The summed E-state index contributed by atoms with van der Waals surface area (Å²) in [6.45, 7) is 5.60. The fourth-order valence-electron chi connectivity index (χ4n) is 3.22. The van der Waals surface area contributed by atoms with Crippen LogP contribution in [-0.4, -0.2) is 39.8 Å². The molecule has 1 aliphatic heterocycles. The number of hydrogen-bond donors (Lipinski definition) is 2. The normalized spacial score (nSPS) is 13.6. The number of nitrogens with one attached hydrogen (secondary N) is 1. The number of amides is 2. The minimum atomic E-state index is -0.567. The number of thioether (sulfide) groups is 1. The molecule has 1 atom stereocenters. The highest BCUT2D eigenvalue weighted by Crippen LogP contribution is 2.36. The van der Waals surface area contributed by atoms with Crippen molar-refractivity contribution in [2.75, 3.05) is 18.5 Å². The van der Waals surface area contributed by atoms with E-state index in [1.54, 1.807) is 24.6 Å². The molecule has 3 heterocycles. The average molecular weight is 459 g/mol. The van der Waals surface area contributed by atoms with Gasteiger partial charge in [0.05, 0.1) is 22.7 Å². The first-order valence-corrected chi connectivity index (χ1v) is 11.5. The van der Waals surface area contributed by atoms with E-state index in [9.17, 15) is 9.59 Å². The number of primary amides is 1. The number of ether oxygens (including phenoxy) is 2. The van der Waals surface area contributed by atoms with Gasteiger partial charge in [-0.2, -0.15) is 0 Å². The van der Waals surface area contributed by atoms with Crippen LogP contribution < -0.4 is 20.5 Å². The molecule has 31 heavy (non-hydrogen) atoms. The Labute approximate surface area is 187 Å². The monoisotopic (exact) mass is 458 g/mol. The number of rotatable bonds is 7. The van der Waals surface area contributed by atoms with Gasteiger partial charge in [-0.25, -0.2) is 4.98 Å². The number of thiophene rings is 1. The summed E-state index contributed by atoms with van der Waals surface area (Å²) >= 11 is 2.62. The topological polar surface area (TPSA) is 108 Å². The minimum absolute atomic E-state index is 0.221. The van der Waals surface area contributed by atoms with E-state index in [0.29, 0.717) is 30.3 Å². The molecule has 0 aliphatic carbocycles. The molecular formula is C21H22N4O4S2. The molecule has 2 aromatic heterocycles. The quantitative estimate of drug-likeness (QED) is 0.524. The van der Waals surface area contributed by atoms with Crippen molar-refractivity contribution in [3.63, 3.8) is 0 Å². The largest absolute Gasteiger partial charge is 0.486 e. The van der Waals surface area contributed by atoms with E-state index in [0.717, 1.165) is 27.9 Å². The summed E-state index contributed by atoms with van der Waals surface area (Å²) in [4.78, 5) is 28.7. The Hall–Kier alpha value is -2.98. The number of fused-ring (bicyclic) bond motifs is 1. The molecule has 1 aliphatic rings. The van der Waals surface area contributed by atoms with Gasteiger partial charge in [0.2, 0.25) is 5.91 Å². The summed E-state index contributed by atoms with van der Waals surface area (Å²) in [6.07, 6.45) is 1.80. The van der Waals surface area contributed by atoms with E-state index in [-0.39, 0.29) is 5.91 Å². The van der Waals surface area contributed by atoms with E-state index in [4.69, 9.17) is 15.2 Å². The summed E-state index contributed by atoms with van der Waals surface area (Å²) in [6, 6.07) is 7.43. The summed E-state index contributed by atoms with van der Waals surface area (Å²) in [7, 11) is 0. The molecule has 8 nitrogen and oxygen atoms in total. The molecule has 0 radical (unpaired) electrons. The van der Waals surface area contributed by atoms with E-state index in [1.807, 2.05) is 25.1 Å². The molecule has 0 fully saturated rings. The Bertz CT molecular complexity index is 1120. The first kappa shape index (κ1) is 21.3. The minimum Gasteiger partial charge on any atom is -0.486 e. The Morgan fingerprint density at radius 1 is 1.29 bits per heavy atom. The van der Waals surface area contributed by atoms with E-state index in [2.05, 4.69) is 14.9 Å². The van der Waals surface area contributed by atoms with Crippen molar-refractivity contribution in [2.45, 2.75) is 30.8 Å². The van der Waals surface area contributed by atoms with Gasteiger partial charge in [0, 0.05) is 12.1 Å². The first-order chi connectivity index (χ1) is 15.0. The number of nitrogens with two attached hydrogens (primary N) is 1. The lowest BCUT2D eigenvalue weighted by atomic mass is 10.1. The second kappa shape index (κ2) is 9.03. The van der Waals surface area contributed by atoms with Crippen LogP contribution in [0, 0.1) is 0 Å². The number of nitrogens with zero attached hydrogens (tertiary/aromatic N) is 2. The van der Waals surface area contributed by atoms with Gasteiger partial charge in [0.1, 0.15) is 18.2 Å². The lowest BCUT2D eigenvalue weighted by Gasteiger charge is -2.19. The number of hydrogen-bond acceptors (Lipinski definition) is 7. The number of anilines is 1. The molecule has 1 aromatic carbocycles. The van der Waals surface area contributed by atoms with Crippen LogP contribution in [0.2, 0.25) is 0 Å². The fraction of sp³-hybridized carbons (Fsp3) is 0.286. The molecule has 1 unspecified atom stereocenters. The van der Waals surface area contributed by atoms with Gasteiger partial charge in [-0.05, 0) is 43.5 Å². The van der Waals surface area contributed by atoms with Gasteiger partial charge < -0.3 is 25.1 Å². The van der Waals surface area contributed by atoms with Crippen LogP contribution in [0.4, 0.5) is 5.00 Å². The number of benzene rings is 1. The zero-order valence-corrected chi connectivity index (χ0v) is 18.7. The zero-order valence-electron chi connectivity index (χ0n) is 17.1. The highest BCUT2D eigenvalue weighted by atomic mass is 32.2. The molecule has 2 amide bonds. The van der Waals surface area contributed by atoms with Crippen LogP contribution >= 0.6 is 23.1 Å². The number of aromatic nitrogens is 2. The molecule has 10 heteroatoms. The predicted molar refractivity (Wildman–Crippen MR) is 121 cm³/mol. The van der Waals surface area contributed by atoms with Crippen molar-refractivity contribution in [1.82, 2.24) is 9.55 Å². The molecular weight excluding hydrogens is 436 g/mol. The van der Waals surface area contributed by atoms with Crippen molar-refractivity contribution in [1.29, 1.82) is 0 Å². The third-order valence-corrected chi connectivity index (χ3v) is 6.73. The third-order valence-electron chi connectivity index (χ3n) is 4.79. The van der Waals surface area contributed by atoms with Gasteiger partial charge in [0.15, 0.2) is 16.7 Å². The number of carbonyl (C=O) groups is 2. The van der Waals surface area contributed by atoms with Crippen molar-refractivity contribution in [3.8, 4) is 22.8 Å². The lowest BCUT2D eigenvalue weighted by molar-refractivity contribution is -0.115. The molecule has 3 aromatic rings. The maximum atomic E-state index is 12.7. The van der Waals surface area contributed by atoms with Crippen LogP contribution in [0.25, 0.3) is 11.3 Å². The van der Waals surface area contributed by atoms with Gasteiger partial charge in [-0.15, -0.1) is 11.3 Å². The van der Waals surface area contributed by atoms with Crippen LogP contribution in [0.5, 0.6) is 11.5 Å². The Morgan fingerprint density at radius 3 is 2.81 bits per heavy atom. The Balaban J connectivity index is 1.51. The van der Waals surface area contributed by atoms with Crippen molar-refractivity contribution in [3.05, 3.63) is 41.4 Å². The molecule has 0 saturated heterocycles. The molecule has 0 bridgehead atoms. The standard InChI is InChI=1S/C21H22N4O4S2/c1-3-25-15(13-4-5-16-17(10-13)29-8-7-28-16)11-23-21(25)31-12(2)19(27)24-20-14(18(22)26)6-9-30-20/h4-6,9-12H,3,7-8H2,1-2H3,(H2,22,26)(H,24,27). The average Bonchev–Trinajstić information content (AvgIpc) is 3.40. The molecule has 3 N–H and O–H groups in total.